The molecule has 1 fully saturated rings. The fraction of sp³-hybridized carbons (Fsp3) is 0.261. The van der Waals surface area contributed by atoms with Crippen LogP contribution in [-0.4, -0.2) is 38.4 Å². The normalized spacial score (nSPS) is 15.1. The van der Waals surface area contributed by atoms with Crippen LogP contribution >= 0.6 is 0 Å². The van der Waals surface area contributed by atoms with Crippen LogP contribution in [0.4, 0.5) is 0 Å². The first-order chi connectivity index (χ1) is 14.2. The lowest BCUT2D eigenvalue weighted by molar-refractivity contribution is 0.0711. The Balaban J connectivity index is 1.44. The molecule has 5 rings (SSSR count). The van der Waals surface area contributed by atoms with Crippen LogP contribution in [0, 0.1) is 0 Å². The van der Waals surface area contributed by atoms with Gasteiger partial charge in [-0.3, -0.25) is 9.78 Å². The number of nitrogens with zero attached hydrogens (tertiary/aromatic N) is 4. The van der Waals surface area contributed by atoms with Crippen LogP contribution in [0.25, 0.3) is 22.3 Å². The summed E-state index contributed by atoms with van der Waals surface area (Å²) in [4.78, 5) is 24.1. The smallest absolute Gasteiger partial charge is 0.257 e. The van der Waals surface area contributed by atoms with E-state index in [0.29, 0.717) is 11.5 Å². The number of carbonyl (C=O) groups excluding carboxylic acids is 1. The van der Waals surface area contributed by atoms with E-state index in [1.54, 1.807) is 6.07 Å². The van der Waals surface area contributed by atoms with Crippen LogP contribution in [0.1, 0.15) is 34.8 Å². The standard InChI is InChI=1S/C23H22N4O2/c1-26-15-24-22-20(26)13-19(25-21(22)17-5-3-2-4-6-17)16-7-10-27(11-8-16)23(28)18-9-12-29-14-18/h2-6,9,12-16H,7-8,10-11H2,1H3. The molecule has 146 valence electrons. The van der Waals surface area contributed by atoms with Crippen molar-refractivity contribution < 1.29 is 9.21 Å². The predicted molar refractivity (Wildman–Crippen MR) is 111 cm³/mol. The molecule has 1 amide bonds. The van der Waals surface area contributed by atoms with Gasteiger partial charge in [-0.15, -0.1) is 0 Å². The van der Waals surface area contributed by atoms with Crippen molar-refractivity contribution >= 4 is 16.9 Å². The highest BCUT2D eigenvalue weighted by Crippen LogP contribution is 2.33. The number of benzene rings is 1. The number of amides is 1. The predicted octanol–water partition coefficient (Wildman–Crippen LogP) is 4.25. The molecule has 0 bridgehead atoms. The number of piperidine rings is 1. The number of carbonyl (C=O) groups is 1. The van der Waals surface area contributed by atoms with Crippen LogP contribution in [0.2, 0.25) is 0 Å². The number of likely N-dealkylation sites (tertiary alicyclic amines) is 1. The number of fused-ring (bicyclic) bond motifs is 1. The summed E-state index contributed by atoms with van der Waals surface area (Å²) in [6.45, 7) is 1.45. The van der Waals surface area contributed by atoms with Gasteiger partial charge in [-0.2, -0.15) is 0 Å². The van der Waals surface area contributed by atoms with Crippen LogP contribution in [-0.2, 0) is 7.05 Å². The molecule has 0 aliphatic carbocycles. The summed E-state index contributed by atoms with van der Waals surface area (Å²) in [6.07, 6.45) is 6.69. The lowest BCUT2D eigenvalue weighted by Gasteiger charge is -2.31. The van der Waals surface area contributed by atoms with Crippen LogP contribution in [0.15, 0.2) is 65.7 Å². The summed E-state index contributed by atoms with van der Waals surface area (Å²) in [5.41, 5.74) is 5.71. The van der Waals surface area contributed by atoms with E-state index in [9.17, 15) is 4.79 Å². The van der Waals surface area contributed by atoms with Gasteiger partial charge in [0.1, 0.15) is 11.8 Å². The number of aryl methyl sites for hydroxylation is 1. The number of aromatic nitrogens is 3. The summed E-state index contributed by atoms with van der Waals surface area (Å²) in [5.74, 6) is 0.363. The molecule has 0 saturated carbocycles. The van der Waals surface area contributed by atoms with Crippen molar-refractivity contribution in [2.75, 3.05) is 13.1 Å². The highest BCUT2D eigenvalue weighted by Gasteiger charge is 2.27. The van der Waals surface area contributed by atoms with Crippen molar-refractivity contribution in [2.45, 2.75) is 18.8 Å². The molecule has 6 nitrogen and oxygen atoms in total. The molecule has 4 aromatic rings. The number of hydrogen-bond acceptors (Lipinski definition) is 4. The molecule has 1 aromatic carbocycles. The molecule has 0 spiro atoms. The molecular weight excluding hydrogens is 364 g/mol. The zero-order valence-electron chi connectivity index (χ0n) is 16.3. The molecule has 0 unspecified atom stereocenters. The van der Waals surface area contributed by atoms with Gasteiger partial charge in [0, 0.05) is 37.3 Å². The number of imidazole rings is 1. The Hall–Kier alpha value is -3.41. The Morgan fingerprint density at radius 3 is 2.66 bits per heavy atom. The van der Waals surface area contributed by atoms with Crippen molar-refractivity contribution in [3.05, 3.63) is 72.6 Å². The molecule has 0 radical (unpaired) electrons. The van der Waals surface area contributed by atoms with E-state index >= 15 is 0 Å². The summed E-state index contributed by atoms with van der Waals surface area (Å²) in [7, 11) is 2.01. The highest BCUT2D eigenvalue weighted by atomic mass is 16.3. The third kappa shape index (κ3) is 3.20. The van der Waals surface area contributed by atoms with Gasteiger partial charge in [0.2, 0.25) is 0 Å². The van der Waals surface area contributed by atoms with E-state index in [-0.39, 0.29) is 5.91 Å². The van der Waals surface area contributed by atoms with E-state index in [1.807, 2.05) is 41.0 Å². The van der Waals surface area contributed by atoms with E-state index in [1.165, 1.54) is 12.5 Å². The van der Waals surface area contributed by atoms with Gasteiger partial charge in [-0.05, 0) is 25.0 Å². The molecule has 1 aliphatic heterocycles. The second-order valence-corrected chi connectivity index (χ2v) is 7.56. The fourth-order valence-electron chi connectivity index (χ4n) is 4.10. The van der Waals surface area contributed by atoms with Gasteiger partial charge in [-0.1, -0.05) is 30.3 Å². The Bertz CT molecular complexity index is 1140. The largest absolute Gasteiger partial charge is 0.472 e. The number of furan rings is 1. The van der Waals surface area contributed by atoms with E-state index in [2.05, 4.69) is 23.2 Å². The van der Waals surface area contributed by atoms with Crippen LogP contribution < -0.4 is 0 Å². The molecule has 3 aromatic heterocycles. The van der Waals surface area contributed by atoms with E-state index in [0.717, 1.165) is 53.9 Å². The quantitative estimate of drug-likeness (QED) is 0.528. The van der Waals surface area contributed by atoms with E-state index in [4.69, 9.17) is 9.40 Å². The maximum Gasteiger partial charge on any atom is 0.257 e. The zero-order chi connectivity index (χ0) is 19.8. The van der Waals surface area contributed by atoms with Crippen molar-refractivity contribution in [3.63, 3.8) is 0 Å². The summed E-state index contributed by atoms with van der Waals surface area (Å²) in [6, 6.07) is 14.1. The molecule has 0 N–H and O–H groups in total. The van der Waals surface area contributed by atoms with Gasteiger partial charge in [0.05, 0.1) is 29.4 Å². The minimum absolute atomic E-state index is 0.0391. The van der Waals surface area contributed by atoms with Crippen molar-refractivity contribution in [3.8, 4) is 11.3 Å². The lowest BCUT2D eigenvalue weighted by Crippen LogP contribution is -2.37. The van der Waals surface area contributed by atoms with Crippen molar-refractivity contribution in [1.82, 2.24) is 19.4 Å². The van der Waals surface area contributed by atoms with E-state index < -0.39 is 0 Å². The first kappa shape index (κ1) is 17.7. The first-order valence-electron chi connectivity index (χ1n) is 9.89. The van der Waals surface area contributed by atoms with Crippen molar-refractivity contribution in [2.24, 2.45) is 7.05 Å². The average Bonchev–Trinajstić information content (AvgIpc) is 3.44. The van der Waals surface area contributed by atoms with Gasteiger partial charge < -0.3 is 13.9 Å². The Kier molecular flexibility index (Phi) is 4.39. The molecule has 0 atom stereocenters. The second-order valence-electron chi connectivity index (χ2n) is 7.56. The Morgan fingerprint density at radius 2 is 1.93 bits per heavy atom. The molecule has 6 heteroatoms. The second kappa shape index (κ2) is 7.20. The SMILES string of the molecule is Cn1cnc2c(-c3ccccc3)nc(C3CCN(C(=O)c4ccoc4)CC3)cc21. The third-order valence-corrected chi connectivity index (χ3v) is 5.75. The van der Waals surface area contributed by atoms with Crippen LogP contribution in [0.5, 0.6) is 0 Å². The maximum atomic E-state index is 12.6. The average molecular weight is 386 g/mol. The minimum Gasteiger partial charge on any atom is -0.472 e. The number of hydrogen-bond donors (Lipinski definition) is 0. The molecule has 1 saturated heterocycles. The molecular formula is C23H22N4O2. The van der Waals surface area contributed by atoms with Crippen molar-refractivity contribution in [1.29, 1.82) is 0 Å². The zero-order valence-corrected chi connectivity index (χ0v) is 16.3. The summed E-state index contributed by atoms with van der Waals surface area (Å²) >= 11 is 0. The number of rotatable bonds is 3. The Labute approximate surface area is 168 Å². The minimum atomic E-state index is 0.0391. The van der Waals surface area contributed by atoms with Gasteiger partial charge in [-0.25, -0.2) is 4.98 Å². The maximum absolute atomic E-state index is 12.6. The third-order valence-electron chi connectivity index (χ3n) is 5.75. The number of pyridine rings is 1. The Morgan fingerprint density at radius 1 is 1.14 bits per heavy atom. The summed E-state index contributed by atoms with van der Waals surface area (Å²) in [5, 5.41) is 0. The monoisotopic (exact) mass is 386 g/mol. The molecule has 29 heavy (non-hydrogen) atoms. The highest BCUT2D eigenvalue weighted by molar-refractivity contribution is 5.94. The molecule has 1 aliphatic rings. The van der Waals surface area contributed by atoms with Crippen LogP contribution in [0.3, 0.4) is 0 Å². The summed E-state index contributed by atoms with van der Waals surface area (Å²) < 4.78 is 7.10. The molecule has 4 heterocycles. The topological polar surface area (TPSA) is 64.2 Å². The lowest BCUT2D eigenvalue weighted by atomic mass is 9.92. The fourth-order valence-corrected chi connectivity index (χ4v) is 4.10. The van der Waals surface area contributed by atoms with Gasteiger partial charge in [0.25, 0.3) is 5.91 Å². The van der Waals surface area contributed by atoms with Gasteiger partial charge >= 0.3 is 0 Å². The van der Waals surface area contributed by atoms with Gasteiger partial charge in [0.15, 0.2) is 0 Å². The first-order valence-corrected chi connectivity index (χ1v) is 9.89.